The standard InChI is InChI=1S/C24H24I2N4O4/c25-19-11-15(12-20(26)22(19)31)13-21(24(33)30(14-27)18-5-6-18)28-23(32)16-1-3-17(4-2-16)29-7-9-34-10-8-29/h1-4,11-12,18,21,31H,5-10,13H2,(H,28,32). The zero-order valence-corrected chi connectivity index (χ0v) is 22.7. The Balaban J connectivity index is 1.53. The molecule has 1 unspecified atom stereocenters. The highest BCUT2D eigenvalue weighted by Gasteiger charge is 2.37. The van der Waals surface area contributed by atoms with Crippen molar-refractivity contribution in [3.05, 3.63) is 54.7 Å². The third-order valence-corrected chi connectivity index (χ3v) is 7.53. The molecule has 2 aliphatic rings. The number of amides is 2. The van der Waals surface area contributed by atoms with Gasteiger partial charge in [0.15, 0.2) is 6.19 Å². The molecule has 0 radical (unpaired) electrons. The maximum absolute atomic E-state index is 13.2. The summed E-state index contributed by atoms with van der Waals surface area (Å²) >= 11 is 4.07. The van der Waals surface area contributed by atoms with Crippen molar-refractivity contribution in [3.8, 4) is 11.9 Å². The number of nitriles is 1. The first-order valence-electron chi connectivity index (χ1n) is 11.0. The molecule has 1 saturated carbocycles. The number of rotatable bonds is 7. The molecule has 8 nitrogen and oxygen atoms in total. The van der Waals surface area contributed by atoms with Crippen molar-refractivity contribution >= 4 is 62.7 Å². The van der Waals surface area contributed by atoms with Crippen LogP contribution in [0.25, 0.3) is 0 Å². The number of carbonyl (C=O) groups excluding carboxylic acids is 2. The number of phenolic OH excluding ortho intramolecular Hbond substituents is 1. The summed E-state index contributed by atoms with van der Waals surface area (Å²) < 4.78 is 6.71. The Morgan fingerprint density at radius 2 is 1.79 bits per heavy atom. The average Bonchev–Trinajstić information content (AvgIpc) is 3.68. The van der Waals surface area contributed by atoms with Crippen molar-refractivity contribution in [1.82, 2.24) is 10.2 Å². The summed E-state index contributed by atoms with van der Waals surface area (Å²) in [6, 6.07) is 9.87. The number of halogens is 2. The Kier molecular flexibility index (Phi) is 8.15. The molecule has 10 heteroatoms. The average molecular weight is 686 g/mol. The fourth-order valence-corrected chi connectivity index (χ4v) is 5.77. The molecular weight excluding hydrogens is 662 g/mol. The van der Waals surface area contributed by atoms with Crippen molar-refractivity contribution in [1.29, 1.82) is 5.26 Å². The molecule has 2 amide bonds. The van der Waals surface area contributed by atoms with E-state index in [9.17, 15) is 20.0 Å². The molecule has 2 N–H and O–H groups in total. The fourth-order valence-electron chi connectivity index (χ4n) is 3.87. The number of hydrogen-bond acceptors (Lipinski definition) is 6. The van der Waals surface area contributed by atoms with Gasteiger partial charge in [-0.25, -0.2) is 4.90 Å². The van der Waals surface area contributed by atoms with E-state index in [1.165, 1.54) is 4.90 Å². The van der Waals surface area contributed by atoms with Gasteiger partial charge in [-0.15, -0.1) is 0 Å². The van der Waals surface area contributed by atoms with Gasteiger partial charge in [-0.05, 0) is 100.0 Å². The second-order valence-corrected chi connectivity index (χ2v) is 10.6. The summed E-state index contributed by atoms with van der Waals surface area (Å²) in [6.45, 7) is 2.96. The van der Waals surface area contributed by atoms with Crippen molar-refractivity contribution in [2.75, 3.05) is 31.2 Å². The van der Waals surface area contributed by atoms with Crippen molar-refractivity contribution < 1.29 is 19.4 Å². The largest absolute Gasteiger partial charge is 0.506 e. The first-order valence-corrected chi connectivity index (χ1v) is 13.2. The lowest BCUT2D eigenvalue weighted by molar-refractivity contribution is -0.130. The van der Waals surface area contributed by atoms with Gasteiger partial charge in [0, 0.05) is 36.8 Å². The van der Waals surface area contributed by atoms with Crippen LogP contribution in [0, 0.1) is 18.6 Å². The molecule has 2 aromatic rings. The predicted octanol–water partition coefficient (Wildman–Crippen LogP) is 3.25. The Morgan fingerprint density at radius 3 is 2.35 bits per heavy atom. The van der Waals surface area contributed by atoms with Crippen LogP contribution in [0.3, 0.4) is 0 Å². The molecule has 0 spiro atoms. The molecule has 0 bridgehead atoms. The number of hydrogen-bond donors (Lipinski definition) is 2. The van der Waals surface area contributed by atoms with Crippen molar-refractivity contribution in [2.24, 2.45) is 0 Å². The van der Waals surface area contributed by atoms with E-state index in [-0.39, 0.29) is 24.1 Å². The van der Waals surface area contributed by atoms with E-state index in [4.69, 9.17) is 4.74 Å². The molecule has 1 aliphatic heterocycles. The van der Waals surface area contributed by atoms with Crippen LogP contribution in [0.2, 0.25) is 0 Å². The predicted molar refractivity (Wildman–Crippen MR) is 143 cm³/mol. The highest BCUT2D eigenvalue weighted by atomic mass is 127. The van der Waals surface area contributed by atoms with E-state index >= 15 is 0 Å². The third-order valence-electron chi connectivity index (χ3n) is 5.88. The van der Waals surface area contributed by atoms with Crippen molar-refractivity contribution in [2.45, 2.75) is 31.3 Å². The zero-order chi connectivity index (χ0) is 24.2. The number of morpholine rings is 1. The van der Waals surface area contributed by atoms with Gasteiger partial charge in [0.25, 0.3) is 11.8 Å². The third kappa shape index (κ3) is 5.92. The maximum atomic E-state index is 13.2. The van der Waals surface area contributed by atoms with E-state index in [0.29, 0.717) is 25.9 Å². The zero-order valence-electron chi connectivity index (χ0n) is 18.3. The minimum absolute atomic E-state index is 0.0928. The minimum atomic E-state index is -0.900. The molecule has 2 fully saturated rings. The highest BCUT2D eigenvalue weighted by Crippen LogP contribution is 2.29. The highest BCUT2D eigenvalue weighted by molar-refractivity contribution is 14.1. The summed E-state index contributed by atoms with van der Waals surface area (Å²) in [5, 5.41) is 22.5. The maximum Gasteiger partial charge on any atom is 0.258 e. The number of benzene rings is 2. The van der Waals surface area contributed by atoms with Crippen LogP contribution in [0.1, 0.15) is 28.8 Å². The molecule has 2 aromatic carbocycles. The minimum Gasteiger partial charge on any atom is -0.506 e. The van der Waals surface area contributed by atoms with Gasteiger partial charge < -0.3 is 20.1 Å². The van der Waals surface area contributed by atoms with E-state index in [0.717, 1.165) is 37.2 Å². The number of ether oxygens (including phenoxy) is 1. The smallest absolute Gasteiger partial charge is 0.258 e. The number of phenols is 1. The molecule has 34 heavy (non-hydrogen) atoms. The van der Waals surface area contributed by atoms with E-state index in [2.05, 4.69) is 10.2 Å². The number of nitrogens with one attached hydrogen (secondary N) is 1. The van der Waals surface area contributed by atoms with Crippen LogP contribution in [0.4, 0.5) is 5.69 Å². The van der Waals surface area contributed by atoms with E-state index in [1.54, 1.807) is 24.3 Å². The lowest BCUT2D eigenvalue weighted by Gasteiger charge is -2.29. The Morgan fingerprint density at radius 1 is 1.18 bits per heavy atom. The van der Waals surface area contributed by atoms with Gasteiger partial charge in [0.1, 0.15) is 11.8 Å². The van der Waals surface area contributed by atoms with E-state index < -0.39 is 11.9 Å². The topological polar surface area (TPSA) is 106 Å². The normalized spacial score (nSPS) is 16.4. The summed E-state index contributed by atoms with van der Waals surface area (Å²) in [4.78, 5) is 29.7. The van der Waals surface area contributed by atoms with Gasteiger partial charge >= 0.3 is 0 Å². The van der Waals surface area contributed by atoms with Gasteiger partial charge in [0.2, 0.25) is 0 Å². The molecule has 1 atom stereocenters. The lowest BCUT2D eigenvalue weighted by atomic mass is 10.0. The van der Waals surface area contributed by atoms with Gasteiger partial charge in [-0.2, -0.15) is 5.26 Å². The summed E-state index contributed by atoms with van der Waals surface area (Å²) in [7, 11) is 0. The number of anilines is 1. The second-order valence-electron chi connectivity index (χ2n) is 8.32. The Labute approximate surface area is 225 Å². The van der Waals surface area contributed by atoms with Gasteiger partial charge in [-0.1, -0.05) is 0 Å². The Hall–Kier alpha value is -2.11. The quantitative estimate of drug-likeness (QED) is 0.264. The van der Waals surface area contributed by atoms with Crippen LogP contribution in [-0.2, 0) is 16.0 Å². The second kappa shape index (κ2) is 11.1. The first kappa shape index (κ1) is 25.0. The van der Waals surface area contributed by atoms with E-state index in [1.807, 2.05) is 63.5 Å². The molecule has 0 aromatic heterocycles. The lowest BCUT2D eigenvalue weighted by Crippen LogP contribution is -2.49. The van der Waals surface area contributed by atoms with Crippen LogP contribution >= 0.6 is 45.2 Å². The number of aromatic hydroxyl groups is 1. The monoisotopic (exact) mass is 686 g/mol. The summed E-state index contributed by atoms with van der Waals surface area (Å²) in [6.07, 6.45) is 3.79. The summed E-state index contributed by atoms with van der Waals surface area (Å²) in [5.41, 5.74) is 2.26. The van der Waals surface area contributed by atoms with Gasteiger partial charge in [-0.3, -0.25) is 9.59 Å². The molecule has 1 saturated heterocycles. The van der Waals surface area contributed by atoms with Crippen LogP contribution < -0.4 is 10.2 Å². The van der Waals surface area contributed by atoms with Crippen LogP contribution in [0.15, 0.2) is 36.4 Å². The Bertz CT molecular complexity index is 1090. The SMILES string of the molecule is N#CN(C(=O)C(Cc1cc(I)c(O)c(I)c1)NC(=O)c1ccc(N2CCOCC2)cc1)C1CC1. The van der Waals surface area contributed by atoms with Crippen LogP contribution in [-0.4, -0.2) is 60.2 Å². The fraction of sp³-hybridized carbons (Fsp3) is 0.375. The van der Waals surface area contributed by atoms with Gasteiger partial charge in [0.05, 0.1) is 20.4 Å². The number of carbonyl (C=O) groups is 2. The van der Waals surface area contributed by atoms with Crippen LogP contribution in [0.5, 0.6) is 5.75 Å². The summed E-state index contributed by atoms with van der Waals surface area (Å²) in [5.74, 6) is -0.598. The molecule has 1 heterocycles. The molecule has 1 aliphatic carbocycles. The first-order chi connectivity index (χ1) is 16.4. The molecular formula is C24H24I2N4O4. The number of nitrogens with zero attached hydrogens (tertiary/aromatic N) is 3. The molecule has 4 rings (SSSR count). The molecule has 178 valence electrons. The van der Waals surface area contributed by atoms with Crippen molar-refractivity contribution in [3.63, 3.8) is 0 Å².